The Hall–Kier alpha value is -2.36. The zero-order valence-corrected chi connectivity index (χ0v) is 12.9. The number of rotatable bonds is 4. The summed E-state index contributed by atoms with van der Waals surface area (Å²) in [7, 11) is 1.70. The van der Waals surface area contributed by atoms with Crippen LogP contribution in [0, 0.1) is 20.8 Å². The fraction of sp³-hybridized carbons (Fsp3) is 0.294. The first-order valence-corrected chi connectivity index (χ1v) is 6.87. The van der Waals surface area contributed by atoms with Gasteiger partial charge in [-0.1, -0.05) is 23.8 Å². The van der Waals surface area contributed by atoms with Crippen molar-refractivity contribution in [1.82, 2.24) is 4.98 Å². The van der Waals surface area contributed by atoms with Gasteiger partial charge in [0.2, 0.25) is 0 Å². The van der Waals surface area contributed by atoms with E-state index in [0.29, 0.717) is 5.82 Å². The summed E-state index contributed by atoms with van der Waals surface area (Å²) in [4.78, 5) is 18.0. The van der Waals surface area contributed by atoms with E-state index >= 15 is 0 Å². The highest BCUT2D eigenvalue weighted by molar-refractivity contribution is 5.93. The fourth-order valence-electron chi connectivity index (χ4n) is 2.04. The second-order valence-electron chi connectivity index (χ2n) is 5.15. The predicted molar refractivity (Wildman–Crippen MR) is 83.8 cm³/mol. The zero-order valence-electron chi connectivity index (χ0n) is 12.9. The van der Waals surface area contributed by atoms with Gasteiger partial charge in [0.05, 0.1) is 0 Å². The van der Waals surface area contributed by atoms with Gasteiger partial charge in [0, 0.05) is 12.7 Å². The molecule has 1 heterocycles. The van der Waals surface area contributed by atoms with Crippen LogP contribution >= 0.6 is 0 Å². The molecular weight excluding hydrogens is 264 g/mol. The molecule has 1 aromatic carbocycles. The maximum atomic E-state index is 12.2. The van der Waals surface area contributed by atoms with E-state index in [1.807, 2.05) is 57.2 Å². The molecule has 0 aliphatic carbocycles. The highest BCUT2D eigenvalue weighted by Crippen LogP contribution is 2.19. The lowest BCUT2D eigenvalue weighted by Crippen LogP contribution is -2.32. The Kier molecular flexibility index (Phi) is 4.58. The van der Waals surface area contributed by atoms with E-state index in [2.05, 4.69) is 4.98 Å². The lowest BCUT2D eigenvalue weighted by Gasteiger charge is -2.17. The molecule has 4 heteroatoms. The van der Waals surface area contributed by atoms with Crippen LogP contribution in [0.4, 0.5) is 5.82 Å². The van der Waals surface area contributed by atoms with Crippen molar-refractivity contribution in [2.75, 3.05) is 18.6 Å². The fourth-order valence-corrected chi connectivity index (χ4v) is 2.04. The molecule has 110 valence electrons. The van der Waals surface area contributed by atoms with Crippen LogP contribution in [-0.2, 0) is 4.79 Å². The smallest absolute Gasteiger partial charge is 0.265 e. The SMILES string of the molecule is Cc1ccc(OCC(=O)N(C)c2cccc(C)n2)c(C)c1. The summed E-state index contributed by atoms with van der Waals surface area (Å²) in [6.07, 6.45) is 0. The zero-order chi connectivity index (χ0) is 15.4. The first-order valence-electron chi connectivity index (χ1n) is 6.87. The number of amides is 1. The Balaban J connectivity index is 2.01. The van der Waals surface area contributed by atoms with Crippen LogP contribution < -0.4 is 9.64 Å². The summed E-state index contributed by atoms with van der Waals surface area (Å²) in [6.45, 7) is 5.89. The molecule has 21 heavy (non-hydrogen) atoms. The predicted octanol–water partition coefficient (Wildman–Crippen LogP) is 3.05. The Labute approximate surface area is 125 Å². The van der Waals surface area contributed by atoms with Gasteiger partial charge in [-0.25, -0.2) is 4.98 Å². The summed E-state index contributed by atoms with van der Waals surface area (Å²) in [5, 5.41) is 0. The second kappa shape index (κ2) is 6.39. The highest BCUT2D eigenvalue weighted by atomic mass is 16.5. The van der Waals surface area contributed by atoms with Crippen molar-refractivity contribution < 1.29 is 9.53 Å². The largest absolute Gasteiger partial charge is 0.483 e. The van der Waals surface area contributed by atoms with E-state index in [4.69, 9.17) is 4.74 Å². The number of carbonyl (C=O) groups is 1. The number of carbonyl (C=O) groups excluding carboxylic acids is 1. The number of hydrogen-bond donors (Lipinski definition) is 0. The summed E-state index contributed by atoms with van der Waals surface area (Å²) in [6, 6.07) is 11.5. The molecule has 0 saturated heterocycles. The third-order valence-corrected chi connectivity index (χ3v) is 3.27. The number of benzene rings is 1. The standard InChI is InChI=1S/C17H20N2O2/c1-12-8-9-15(13(2)10-12)21-11-17(20)19(4)16-7-5-6-14(3)18-16/h5-10H,11H2,1-4H3. The topological polar surface area (TPSA) is 42.4 Å². The van der Waals surface area contributed by atoms with E-state index in [0.717, 1.165) is 17.0 Å². The lowest BCUT2D eigenvalue weighted by molar-refractivity contribution is -0.120. The summed E-state index contributed by atoms with van der Waals surface area (Å²) >= 11 is 0. The molecule has 0 N–H and O–H groups in total. The maximum absolute atomic E-state index is 12.2. The van der Waals surface area contributed by atoms with Crippen molar-refractivity contribution in [2.45, 2.75) is 20.8 Å². The first-order chi connectivity index (χ1) is 9.97. The number of anilines is 1. The highest BCUT2D eigenvalue weighted by Gasteiger charge is 2.13. The molecular formula is C17H20N2O2. The van der Waals surface area contributed by atoms with Gasteiger partial charge in [0.25, 0.3) is 5.91 Å². The van der Waals surface area contributed by atoms with Crippen LogP contribution in [0.15, 0.2) is 36.4 Å². The molecule has 0 spiro atoms. The lowest BCUT2D eigenvalue weighted by atomic mass is 10.1. The number of pyridine rings is 1. The minimum atomic E-state index is -0.131. The molecule has 4 nitrogen and oxygen atoms in total. The monoisotopic (exact) mass is 284 g/mol. The molecule has 2 aromatic rings. The van der Waals surface area contributed by atoms with Crippen molar-refractivity contribution in [3.8, 4) is 5.75 Å². The van der Waals surface area contributed by atoms with Gasteiger partial charge in [0.15, 0.2) is 6.61 Å². The van der Waals surface area contributed by atoms with Crippen LogP contribution in [0.3, 0.4) is 0 Å². The molecule has 0 aliphatic rings. The molecule has 1 amide bonds. The van der Waals surface area contributed by atoms with Gasteiger partial charge in [-0.2, -0.15) is 0 Å². The second-order valence-corrected chi connectivity index (χ2v) is 5.15. The Morgan fingerprint density at radius 2 is 1.95 bits per heavy atom. The van der Waals surface area contributed by atoms with Crippen molar-refractivity contribution >= 4 is 11.7 Å². The van der Waals surface area contributed by atoms with Crippen molar-refractivity contribution in [2.24, 2.45) is 0 Å². The Morgan fingerprint density at radius 1 is 1.19 bits per heavy atom. The number of aryl methyl sites for hydroxylation is 3. The van der Waals surface area contributed by atoms with Gasteiger partial charge < -0.3 is 4.74 Å². The van der Waals surface area contributed by atoms with Crippen molar-refractivity contribution in [3.63, 3.8) is 0 Å². The molecule has 0 aliphatic heterocycles. The number of hydrogen-bond acceptors (Lipinski definition) is 3. The number of ether oxygens (including phenoxy) is 1. The third kappa shape index (κ3) is 3.81. The molecule has 0 saturated carbocycles. The summed E-state index contributed by atoms with van der Waals surface area (Å²) < 4.78 is 5.61. The van der Waals surface area contributed by atoms with Crippen LogP contribution in [-0.4, -0.2) is 24.5 Å². The normalized spacial score (nSPS) is 10.3. The van der Waals surface area contributed by atoms with E-state index in [1.165, 1.54) is 10.5 Å². The first kappa shape index (κ1) is 15.0. The van der Waals surface area contributed by atoms with E-state index < -0.39 is 0 Å². The van der Waals surface area contributed by atoms with Gasteiger partial charge >= 0.3 is 0 Å². The van der Waals surface area contributed by atoms with Gasteiger partial charge in [-0.05, 0) is 44.5 Å². The van der Waals surface area contributed by atoms with Gasteiger partial charge in [0.1, 0.15) is 11.6 Å². The minimum Gasteiger partial charge on any atom is -0.483 e. The average Bonchev–Trinajstić information content (AvgIpc) is 2.45. The average molecular weight is 284 g/mol. The van der Waals surface area contributed by atoms with Crippen LogP contribution in [0.1, 0.15) is 16.8 Å². The Bertz CT molecular complexity index is 653. The van der Waals surface area contributed by atoms with Crippen LogP contribution in [0.25, 0.3) is 0 Å². The molecule has 0 unspecified atom stereocenters. The number of likely N-dealkylation sites (N-methyl/N-ethyl adjacent to an activating group) is 1. The maximum Gasteiger partial charge on any atom is 0.265 e. The number of aromatic nitrogens is 1. The summed E-state index contributed by atoms with van der Waals surface area (Å²) in [5.41, 5.74) is 3.08. The molecule has 0 bridgehead atoms. The van der Waals surface area contributed by atoms with E-state index in [-0.39, 0.29) is 12.5 Å². The molecule has 2 rings (SSSR count). The summed E-state index contributed by atoms with van der Waals surface area (Å²) in [5.74, 6) is 1.23. The molecule has 1 aromatic heterocycles. The van der Waals surface area contributed by atoms with Crippen molar-refractivity contribution in [1.29, 1.82) is 0 Å². The number of nitrogens with zero attached hydrogens (tertiary/aromatic N) is 2. The minimum absolute atomic E-state index is 0.00395. The third-order valence-electron chi connectivity index (χ3n) is 3.27. The quantitative estimate of drug-likeness (QED) is 0.866. The van der Waals surface area contributed by atoms with Crippen molar-refractivity contribution in [3.05, 3.63) is 53.2 Å². The van der Waals surface area contributed by atoms with Gasteiger partial charge in [-0.3, -0.25) is 9.69 Å². The molecule has 0 fully saturated rings. The molecule has 0 atom stereocenters. The van der Waals surface area contributed by atoms with E-state index in [1.54, 1.807) is 7.05 Å². The van der Waals surface area contributed by atoms with E-state index in [9.17, 15) is 4.79 Å². The van der Waals surface area contributed by atoms with Crippen LogP contribution in [0.5, 0.6) is 5.75 Å². The Morgan fingerprint density at radius 3 is 2.62 bits per heavy atom. The van der Waals surface area contributed by atoms with Crippen LogP contribution in [0.2, 0.25) is 0 Å². The molecule has 0 radical (unpaired) electrons. The van der Waals surface area contributed by atoms with Gasteiger partial charge in [-0.15, -0.1) is 0 Å².